The Morgan fingerprint density at radius 1 is 0.600 bits per heavy atom. The highest BCUT2D eigenvalue weighted by Gasteiger charge is 2.13. The number of para-hydroxylation sites is 1. The molecule has 0 atom stereocenters. The van der Waals surface area contributed by atoms with Gasteiger partial charge in [0, 0.05) is 44.0 Å². The van der Waals surface area contributed by atoms with Gasteiger partial charge in [-0.15, -0.1) is 0 Å². The minimum Gasteiger partial charge on any atom is -0.445 e. The zero-order valence-electron chi connectivity index (χ0n) is 31.0. The lowest BCUT2D eigenvalue weighted by molar-refractivity contribution is -0.107. The van der Waals surface area contributed by atoms with Crippen LogP contribution in [0.4, 0.5) is 10.5 Å². The molecule has 0 aromatic heterocycles. The number of nitrogens with one attached hydrogen (secondary N) is 1. The minimum absolute atomic E-state index is 0.124. The number of carbonyl (C=O) groups excluding carboxylic acids is 2. The number of nitrogens with zero attached hydrogens (tertiary/aromatic N) is 2. The molecule has 0 spiro atoms. The molecule has 0 saturated heterocycles. The van der Waals surface area contributed by atoms with E-state index in [1.165, 1.54) is 101 Å². The van der Waals surface area contributed by atoms with Gasteiger partial charge < -0.3 is 15.0 Å². The standard InChI is InChI=1S/C44H65N3O3/c1-2-3-4-5-6-7-8-9-10-11-12-13-14-15-16-25-35-47(39-48)43-32-24-23-31-42(43)38-50-44(49)45-33-26-34-46(36-40-27-19-17-20-28-40)37-41-29-21-18-22-30-41/h17-24,27-32,39H,2-16,25-26,33-38H2,1H3,(H,45,49). The molecule has 0 aliphatic carbocycles. The summed E-state index contributed by atoms with van der Waals surface area (Å²) in [5.74, 6) is 0. The molecule has 6 heteroatoms. The number of anilines is 1. The summed E-state index contributed by atoms with van der Waals surface area (Å²) in [5.41, 5.74) is 4.19. The van der Waals surface area contributed by atoms with E-state index in [1.54, 1.807) is 4.90 Å². The van der Waals surface area contributed by atoms with E-state index < -0.39 is 6.09 Å². The Kier molecular flexibility index (Phi) is 22.1. The second kappa shape index (κ2) is 27.1. The van der Waals surface area contributed by atoms with Crippen molar-refractivity contribution in [3.8, 4) is 0 Å². The molecule has 0 aliphatic rings. The lowest BCUT2D eigenvalue weighted by atomic mass is 10.0. The summed E-state index contributed by atoms with van der Waals surface area (Å²) in [6.45, 7) is 6.16. The Hall–Kier alpha value is -3.64. The van der Waals surface area contributed by atoms with Gasteiger partial charge in [-0.3, -0.25) is 9.69 Å². The zero-order chi connectivity index (χ0) is 35.3. The third-order valence-corrected chi connectivity index (χ3v) is 9.46. The topological polar surface area (TPSA) is 61.9 Å². The van der Waals surface area contributed by atoms with Crippen molar-refractivity contribution in [1.82, 2.24) is 10.2 Å². The van der Waals surface area contributed by atoms with Gasteiger partial charge in [-0.2, -0.15) is 0 Å². The van der Waals surface area contributed by atoms with Gasteiger partial charge in [0.15, 0.2) is 0 Å². The van der Waals surface area contributed by atoms with Crippen LogP contribution in [0.25, 0.3) is 0 Å². The van der Waals surface area contributed by atoms with Crippen LogP contribution in [0, 0.1) is 0 Å². The lowest BCUT2D eigenvalue weighted by Gasteiger charge is -2.23. The van der Waals surface area contributed by atoms with Gasteiger partial charge in [0.25, 0.3) is 0 Å². The highest BCUT2D eigenvalue weighted by atomic mass is 16.5. The monoisotopic (exact) mass is 684 g/mol. The Labute approximate surface area is 304 Å². The Morgan fingerprint density at radius 2 is 1.08 bits per heavy atom. The van der Waals surface area contributed by atoms with E-state index in [2.05, 4.69) is 65.7 Å². The zero-order valence-corrected chi connectivity index (χ0v) is 31.0. The molecular formula is C44H65N3O3. The van der Waals surface area contributed by atoms with Crippen molar-refractivity contribution in [2.45, 2.75) is 136 Å². The minimum atomic E-state index is -0.437. The molecule has 0 bridgehead atoms. The van der Waals surface area contributed by atoms with Crippen LogP contribution in [0.2, 0.25) is 0 Å². The van der Waals surface area contributed by atoms with Crippen molar-refractivity contribution in [1.29, 1.82) is 0 Å². The normalized spacial score (nSPS) is 11.1. The molecule has 0 heterocycles. The van der Waals surface area contributed by atoms with E-state index in [0.29, 0.717) is 13.1 Å². The highest BCUT2D eigenvalue weighted by Crippen LogP contribution is 2.22. The first kappa shape index (κ1) is 40.8. The number of hydrogen-bond donors (Lipinski definition) is 1. The van der Waals surface area contributed by atoms with Crippen LogP contribution in [0.1, 0.15) is 133 Å². The molecule has 3 aromatic carbocycles. The summed E-state index contributed by atoms with van der Waals surface area (Å²) in [7, 11) is 0. The number of amides is 2. The van der Waals surface area contributed by atoms with Crippen molar-refractivity contribution in [2.24, 2.45) is 0 Å². The fourth-order valence-electron chi connectivity index (χ4n) is 6.56. The molecule has 0 aliphatic heterocycles. The van der Waals surface area contributed by atoms with Gasteiger partial charge in [-0.1, -0.05) is 182 Å². The highest BCUT2D eigenvalue weighted by molar-refractivity contribution is 5.77. The number of ether oxygens (including phenoxy) is 1. The van der Waals surface area contributed by atoms with Crippen LogP contribution < -0.4 is 10.2 Å². The molecule has 0 fully saturated rings. The van der Waals surface area contributed by atoms with Crippen LogP contribution >= 0.6 is 0 Å². The molecule has 50 heavy (non-hydrogen) atoms. The van der Waals surface area contributed by atoms with Crippen LogP contribution in [0.5, 0.6) is 0 Å². The van der Waals surface area contributed by atoms with Crippen molar-refractivity contribution >= 4 is 18.2 Å². The van der Waals surface area contributed by atoms with Crippen molar-refractivity contribution in [2.75, 3.05) is 24.5 Å². The summed E-state index contributed by atoms with van der Waals surface area (Å²) in [4.78, 5) is 28.8. The van der Waals surface area contributed by atoms with Gasteiger partial charge in [0.1, 0.15) is 6.61 Å². The Balaban J connectivity index is 1.28. The lowest BCUT2D eigenvalue weighted by Crippen LogP contribution is -2.30. The summed E-state index contributed by atoms with van der Waals surface area (Å²) < 4.78 is 5.59. The molecule has 6 nitrogen and oxygen atoms in total. The Bertz CT molecular complexity index is 1230. The van der Waals surface area contributed by atoms with E-state index in [-0.39, 0.29) is 6.61 Å². The van der Waals surface area contributed by atoms with E-state index in [9.17, 15) is 9.59 Å². The van der Waals surface area contributed by atoms with E-state index in [1.807, 2.05) is 36.4 Å². The number of rotatable bonds is 29. The first-order chi connectivity index (χ1) is 24.7. The van der Waals surface area contributed by atoms with Gasteiger partial charge in [-0.25, -0.2) is 4.79 Å². The van der Waals surface area contributed by atoms with Crippen molar-refractivity contribution in [3.63, 3.8) is 0 Å². The second-order valence-corrected chi connectivity index (χ2v) is 13.8. The van der Waals surface area contributed by atoms with Gasteiger partial charge >= 0.3 is 6.09 Å². The maximum atomic E-state index is 12.6. The van der Waals surface area contributed by atoms with Gasteiger partial charge in [0.2, 0.25) is 6.41 Å². The average molecular weight is 684 g/mol. The molecule has 1 N–H and O–H groups in total. The van der Waals surface area contributed by atoms with Crippen LogP contribution in [-0.4, -0.2) is 37.0 Å². The molecule has 3 rings (SSSR count). The first-order valence-electron chi connectivity index (χ1n) is 19.7. The number of benzene rings is 3. The molecule has 2 amide bonds. The summed E-state index contributed by atoms with van der Waals surface area (Å²) in [6, 6.07) is 28.7. The third-order valence-electron chi connectivity index (χ3n) is 9.46. The number of carbonyl (C=O) groups is 2. The van der Waals surface area contributed by atoms with Crippen LogP contribution in [0.3, 0.4) is 0 Å². The van der Waals surface area contributed by atoms with Crippen molar-refractivity contribution in [3.05, 3.63) is 102 Å². The molecular weight excluding hydrogens is 619 g/mol. The molecule has 3 aromatic rings. The average Bonchev–Trinajstić information content (AvgIpc) is 3.15. The molecule has 0 saturated carbocycles. The molecule has 274 valence electrons. The molecule has 0 radical (unpaired) electrons. The van der Waals surface area contributed by atoms with Gasteiger partial charge in [-0.05, 0) is 30.0 Å². The fraction of sp³-hybridized carbons (Fsp3) is 0.545. The summed E-state index contributed by atoms with van der Waals surface area (Å²) >= 11 is 0. The summed E-state index contributed by atoms with van der Waals surface area (Å²) in [5, 5.41) is 2.91. The van der Waals surface area contributed by atoms with E-state index in [0.717, 1.165) is 56.6 Å². The second-order valence-electron chi connectivity index (χ2n) is 13.8. The maximum absolute atomic E-state index is 12.6. The largest absolute Gasteiger partial charge is 0.445 e. The van der Waals surface area contributed by atoms with Crippen molar-refractivity contribution < 1.29 is 14.3 Å². The predicted octanol–water partition coefficient (Wildman–Crippen LogP) is 11.2. The van der Waals surface area contributed by atoms with E-state index >= 15 is 0 Å². The third kappa shape index (κ3) is 18.4. The first-order valence-corrected chi connectivity index (χ1v) is 19.7. The number of unbranched alkanes of at least 4 members (excludes halogenated alkanes) is 15. The van der Waals surface area contributed by atoms with Gasteiger partial charge in [0.05, 0.1) is 0 Å². The fourth-order valence-corrected chi connectivity index (χ4v) is 6.56. The smallest absolute Gasteiger partial charge is 0.407 e. The van der Waals surface area contributed by atoms with E-state index in [4.69, 9.17) is 4.74 Å². The molecule has 0 unspecified atom stereocenters. The Morgan fingerprint density at radius 3 is 1.60 bits per heavy atom. The van der Waals surface area contributed by atoms with Crippen LogP contribution in [-0.2, 0) is 29.2 Å². The maximum Gasteiger partial charge on any atom is 0.407 e. The number of hydrogen-bond acceptors (Lipinski definition) is 4. The SMILES string of the molecule is CCCCCCCCCCCCCCCCCCN(C=O)c1ccccc1COC(=O)NCCCN(Cc1ccccc1)Cc1ccccc1. The summed E-state index contributed by atoms with van der Waals surface area (Å²) in [6.07, 6.45) is 22.5. The van der Waals surface area contributed by atoms with Crippen LogP contribution in [0.15, 0.2) is 84.9 Å². The number of alkyl carbamates (subject to hydrolysis) is 1. The predicted molar refractivity (Wildman–Crippen MR) is 209 cm³/mol. The quantitative estimate of drug-likeness (QED) is 0.0584.